The molecule has 0 spiro atoms. The highest BCUT2D eigenvalue weighted by Gasteiger charge is 2.30. The molecular formula is C23H29N5O5. The summed E-state index contributed by atoms with van der Waals surface area (Å²) in [4.78, 5) is 43.0. The predicted octanol–water partition coefficient (Wildman–Crippen LogP) is 2.30. The summed E-state index contributed by atoms with van der Waals surface area (Å²) in [6, 6.07) is 5.79. The highest BCUT2D eigenvalue weighted by Crippen LogP contribution is 2.42. The number of aromatic nitrogens is 2. The molecule has 1 aliphatic rings. The maximum atomic E-state index is 12.5. The van der Waals surface area contributed by atoms with E-state index in [1.54, 1.807) is 12.1 Å². The number of hydrogen-bond acceptors (Lipinski definition) is 7. The molecule has 2 aromatic rings. The van der Waals surface area contributed by atoms with Gasteiger partial charge < -0.3 is 27.0 Å². The molecule has 0 bridgehead atoms. The quantitative estimate of drug-likeness (QED) is 0.359. The summed E-state index contributed by atoms with van der Waals surface area (Å²) in [7, 11) is 0. The lowest BCUT2D eigenvalue weighted by Gasteiger charge is -2.21. The molecule has 0 aliphatic heterocycles. The normalized spacial score (nSPS) is 16.6. The summed E-state index contributed by atoms with van der Waals surface area (Å²) >= 11 is 0. The fraction of sp³-hybridized carbons (Fsp3) is 0.435. The van der Waals surface area contributed by atoms with Gasteiger partial charge in [-0.2, -0.15) is 4.98 Å². The summed E-state index contributed by atoms with van der Waals surface area (Å²) in [6.45, 7) is 2.10. The van der Waals surface area contributed by atoms with E-state index >= 15 is 0 Å². The van der Waals surface area contributed by atoms with E-state index in [1.807, 2.05) is 12.1 Å². The molecule has 1 heterocycles. The molecule has 176 valence electrons. The van der Waals surface area contributed by atoms with E-state index in [9.17, 15) is 19.5 Å². The fourth-order valence-electron chi connectivity index (χ4n) is 4.44. The Labute approximate surface area is 191 Å². The number of fused-ring (bicyclic) bond motifs is 1. The third kappa shape index (κ3) is 5.76. The van der Waals surface area contributed by atoms with Gasteiger partial charge in [0, 0.05) is 17.5 Å². The SMILES string of the molecule is CCC(CC1CCc2nc(N)nc(N)c21)c1ccc(C(=O)N[C@@H](CCC(=O)O)C(=O)O)cc1. The Hall–Kier alpha value is -3.69. The number of nitrogen functional groups attached to an aromatic ring is 2. The van der Waals surface area contributed by atoms with Crippen LogP contribution in [0.5, 0.6) is 0 Å². The van der Waals surface area contributed by atoms with Crippen molar-refractivity contribution >= 4 is 29.6 Å². The number of nitrogens with zero attached hydrogens (tertiary/aromatic N) is 2. The van der Waals surface area contributed by atoms with Crippen LogP contribution in [-0.4, -0.2) is 44.1 Å². The molecule has 7 N–H and O–H groups in total. The summed E-state index contributed by atoms with van der Waals surface area (Å²) < 4.78 is 0. The minimum atomic E-state index is -1.27. The smallest absolute Gasteiger partial charge is 0.326 e. The van der Waals surface area contributed by atoms with Gasteiger partial charge in [-0.1, -0.05) is 19.1 Å². The third-order valence-corrected chi connectivity index (χ3v) is 6.17. The molecule has 33 heavy (non-hydrogen) atoms. The first-order chi connectivity index (χ1) is 15.7. The van der Waals surface area contributed by atoms with Crippen molar-refractivity contribution in [2.24, 2.45) is 0 Å². The van der Waals surface area contributed by atoms with Crippen LogP contribution < -0.4 is 16.8 Å². The molecule has 1 aliphatic carbocycles. The van der Waals surface area contributed by atoms with Crippen molar-refractivity contribution in [3.05, 3.63) is 46.6 Å². The molecule has 10 heteroatoms. The third-order valence-electron chi connectivity index (χ3n) is 6.17. The standard InChI is InChI=1S/C23H29N5O5/c1-2-12(11-15-7-8-16-19(15)20(24)28-23(25)27-16)13-3-5-14(6-4-13)21(31)26-17(22(32)33)9-10-18(29)30/h3-6,12,15,17H,2,7-11H2,1H3,(H,26,31)(H,29,30)(H,32,33)(H4,24,25,27,28)/t12?,15?,17-/m0/s1. The zero-order valence-corrected chi connectivity index (χ0v) is 18.5. The van der Waals surface area contributed by atoms with Gasteiger partial charge >= 0.3 is 11.9 Å². The van der Waals surface area contributed by atoms with Crippen LogP contribution in [0.15, 0.2) is 24.3 Å². The van der Waals surface area contributed by atoms with Crippen molar-refractivity contribution in [3.8, 4) is 0 Å². The van der Waals surface area contributed by atoms with Gasteiger partial charge in [0.2, 0.25) is 5.95 Å². The van der Waals surface area contributed by atoms with Crippen molar-refractivity contribution in [1.82, 2.24) is 15.3 Å². The minimum absolute atomic E-state index is 0.187. The highest BCUT2D eigenvalue weighted by atomic mass is 16.4. The van der Waals surface area contributed by atoms with Crippen LogP contribution in [0, 0.1) is 0 Å². The Morgan fingerprint density at radius 3 is 2.45 bits per heavy atom. The Kier molecular flexibility index (Phi) is 7.47. The number of carbonyl (C=O) groups is 3. The summed E-state index contributed by atoms with van der Waals surface area (Å²) in [5.74, 6) is -1.84. The van der Waals surface area contributed by atoms with Gasteiger partial charge in [-0.15, -0.1) is 0 Å². The van der Waals surface area contributed by atoms with Crippen molar-refractivity contribution in [2.75, 3.05) is 11.5 Å². The predicted molar refractivity (Wildman–Crippen MR) is 122 cm³/mol. The maximum absolute atomic E-state index is 12.5. The van der Waals surface area contributed by atoms with E-state index in [1.165, 1.54) is 0 Å². The zero-order chi connectivity index (χ0) is 24.1. The lowest BCUT2D eigenvalue weighted by atomic mass is 9.84. The maximum Gasteiger partial charge on any atom is 0.326 e. The number of carbonyl (C=O) groups excluding carboxylic acids is 1. The largest absolute Gasteiger partial charge is 0.481 e. The molecule has 0 radical (unpaired) electrons. The summed E-state index contributed by atoms with van der Waals surface area (Å²) in [5, 5.41) is 20.4. The number of aryl methyl sites for hydroxylation is 1. The van der Waals surface area contributed by atoms with Gasteiger partial charge in [0.15, 0.2) is 0 Å². The second-order valence-electron chi connectivity index (χ2n) is 8.32. The van der Waals surface area contributed by atoms with Crippen LogP contribution in [-0.2, 0) is 16.0 Å². The van der Waals surface area contributed by atoms with Crippen LogP contribution in [0.25, 0.3) is 0 Å². The first-order valence-electron chi connectivity index (χ1n) is 11.0. The lowest BCUT2D eigenvalue weighted by molar-refractivity contribution is -0.140. The average molecular weight is 456 g/mol. The number of benzene rings is 1. The molecule has 0 saturated carbocycles. The van der Waals surface area contributed by atoms with Crippen molar-refractivity contribution in [2.45, 2.75) is 63.3 Å². The minimum Gasteiger partial charge on any atom is -0.481 e. The molecule has 10 nitrogen and oxygen atoms in total. The van der Waals surface area contributed by atoms with Gasteiger partial charge in [-0.25, -0.2) is 9.78 Å². The fourth-order valence-corrected chi connectivity index (χ4v) is 4.44. The van der Waals surface area contributed by atoms with Crippen LogP contribution in [0.4, 0.5) is 11.8 Å². The topological polar surface area (TPSA) is 182 Å². The number of nitrogens with one attached hydrogen (secondary N) is 1. The van der Waals surface area contributed by atoms with Crippen LogP contribution >= 0.6 is 0 Å². The Balaban J connectivity index is 1.68. The van der Waals surface area contributed by atoms with E-state index in [0.717, 1.165) is 42.5 Å². The first kappa shape index (κ1) is 24.0. The molecule has 2 unspecified atom stereocenters. The molecule has 1 aromatic carbocycles. The van der Waals surface area contributed by atoms with E-state index < -0.39 is 23.9 Å². The Morgan fingerprint density at radius 1 is 1.15 bits per heavy atom. The average Bonchev–Trinajstić information content (AvgIpc) is 3.17. The number of carboxylic acids is 2. The van der Waals surface area contributed by atoms with Gasteiger partial charge in [0.1, 0.15) is 11.9 Å². The van der Waals surface area contributed by atoms with Crippen molar-refractivity contribution in [3.63, 3.8) is 0 Å². The van der Waals surface area contributed by atoms with Gasteiger partial charge in [0.05, 0.1) is 5.69 Å². The molecule has 1 aromatic heterocycles. The zero-order valence-electron chi connectivity index (χ0n) is 18.5. The van der Waals surface area contributed by atoms with E-state index in [-0.39, 0.29) is 30.6 Å². The van der Waals surface area contributed by atoms with E-state index in [0.29, 0.717) is 11.4 Å². The van der Waals surface area contributed by atoms with Gasteiger partial charge in [-0.05, 0) is 61.6 Å². The molecule has 0 fully saturated rings. The van der Waals surface area contributed by atoms with E-state index in [2.05, 4.69) is 22.2 Å². The second kappa shape index (κ2) is 10.3. The van der Waals surface area contributed by atoms with Crippen LogP contribution in [0.1, 0.15) is 78.0 Å². The molecule has 3 rings (SSSR count). The molecule has 1 amide bonds. The van der Waals surface area contributed by atoms with Gasteiger partial charge in [0.25, 0.3) is 5.91 Å². The van der Waals surface area contributed by atoms with Crippen molar-refractivity contribution in [1.29, 1.82) is 0 Å². The summed E-state index contributed by atoms with van der Waals surface area (Å²) in [5.41, 5.74) is 15.1. The second-order valence-corrected chi connectivity index (χ2v) is 8.32. The van der Waals surface area contributed by atoms with Gasteiger partial charge in [-0.3, -0.25) is 9.59 Å². The number of anilines is 2. The summed E-state index contributed by atoms with van der Waals surface area (Å²) in [6.07, 6.45) is 2.97. The molecule has 3 atom stereocenters. The van der Waals surface area contributed by atoms with Crippen molar-refractivity contribution < 1.29 is 24.6 Å². The van der Waals surface area contributed by atoms with E-state index in [4.69, 9.17) is 16.6 Å². The monoisotopic (exact) mass is 455 g/mol. The lowest BCUT2D eigenvalue weighted by Crippen LogP contribution is -2.41. The molecule has 0 saturated heterocycles. The highest BCUT2D eigenvalue weighted by molar-refractivity contribution is 5.96. The number of hydrogen-bond donors (Lipinski definition) is 5. The molecular weight excluding hydrogens is 426 g/mol. The number of aliphatic carboxylic acids is 2. The first-order valence-corrected chi connectivity index (χ1v) is 11.0. The number of amides is 1. The Morgan fingerprint density at radius 2 is 1.85 bits per heavy atom. The number of carboxylic acid groups (broad SMARTS) is 2. The Bertz CT molecular complexity index is 1040. The van der Waals surface area contributed by atoms with Crippen LogP contribution in [0.2, 0.25) is 0 Å². The number of nitrogens with two attached hydrogens (primary N) is 2. The van der Waals surface area contributed by atoms with Crippen LogP contribution in [0.3, 0.4) is 0 Å². The number of rotatable bonds is 10.